The molecule has 1 aromatic heterocycles. The van der Waals surface area contributed by atoms with E-state index in [4.69, 9.17) is 19.8 Å². The minimum absolute atomic E-state index is 0.322. The fourth-order valence-corrected chi connectivity index (χ4v) is 2.94. The molecule has 2 heterocycles. The number of hydrogen-bond donors (Lipinski definition) is 1. The lowest BCUT2D eigenvalue weighted by molar-refractivity contribution is 0.00578. The molecule has 7 heteroatoms. The molecule has 0 bridgehead atoms. The van der Waals surface area contributed by atoms with E-state index in [9.17, 15) is 4.79 Å². The standard InChI is InChI=1S/C15H22BNO4S/c1-14(2)15(3,4)21-16(20-14)10(9-17)8-11-6-7-12(22-11)13(18)19-5/h6-8H,9,17H2,1-5H3. The van der Waals surface area contributed by atoms with Gasteiger partial charge in [0.05, 0.1) is 18.3 Å². The zero-order valence-electron chi connectivity index (χ0n) is 13.6. The zero-order chi connectivity index (χ0) is 16.5. The summed E-state index contributed by atoms with van der Waals surface area (Å²) in [5.41, 5.74) is 5.89. The molecule has 1 fully saturated rings. The number of carbonyl (C=O) groups excluding carboxylic acids is 1. The lowest BCUT2D eigenvalue weighted by atomic mass is 9.77. The van der Waals surface area contributed by atoms with Gasteiger partial charge in [0, 0.05) is 11.4 Å². The van der Waals surface area contributed by atoms with Gasteiger partial charge in [-0.05, 0) is 51.4 Å². The largest absolute Gasteiger partial charge is 0.491 e. The fourth-order valence-electron chi connectivity index (χ4n) is 2.04. The lowest BCUT2D eigenvalue weighted by Crippen LogP contribution is -2.41. The second-order valence-electron chi connectivity index (χ2n) is 6.21. The van der Waals surface area contributed by atoms with Crippen molar-refractivity contribution < 1.29 is 18.8 Å². The first-order valence-corrected chi connectivity index (χ1v) is 7.96. The Morgan fingerprint density at radius 2 is 1.91 bits per heavy atom. The maximum atomic E-state index is 11.5. The molecule has 0 saturated carbocycles. The van der Waals surface area contributed by atoms with Crippen molar-refractivity contribution in [2.24, 2.45) is 5.73 Å². The molecule has 2 N–H and O–H groups in total. The van der Waals surface area contributed by atoms with E-state index in [2.05, 4.69) is 0 Å². The van der Waals surface area contributed by atoms with Gasteiger partial charge in [0.25, 0.3) is 0 Å². The summed E-state index contributed by atoms with van der Waals surface area (Å²) in [5.74, 6) is -0.338. The van der Waals surface area contributed by atoms with Crippen LogP contribution in [0.2, 0.25) is 0 Å². The summed E-state index contributed by atoms with van der Waals surface area (Å²) in [6, 6.07) is 3.60. The Bertz CT molecular complexity index is 578. The summed E-state index contributed by atoms with van der Waals surface area (Å²) < 4.78 is 16.7. The Morgan fingerprint density at radius 1 is 1.32 bits per heavy atom. The third-order valence-corrected chi connectivity index (χ3v) is 5.15. The molecule has 0 radical (unpaired) electrons. The number of esters is 1. The summed E-state index contributed by atoms with van der Waals surface area (Å²) in [5, 5.41) is 0. The van der Waals surface area contributed by atoms with Gasteiger partial charge in [0.2, 0.25) is 0 Å². The molecule has 120 valence electrons. The number of ether oxygens (including phenoxy) is 1. The summed E-state index contributed by atoms with van der Waals surface area (Å²) in [4.78, 5) is 13.0. The molecule has 0 aliphatic carbocycles. The third kappa shape index (κ3) is 3.27. The topological polar surface area (TPSA) is 70.8 Å². The monoisotopic (exact) mass is 323 g/mol. The van der Waals surface area contributed by atoms with Crippen LogP contribution in [0.3, 0.4) is 0 Å². The molecule has 0 aromatic carbocycles. The number of hydrogen-bond acceptors (Lipinski definition) is 6. The van der Waals surface area contributed by atoms with Crippen LogP contribution < -0.4 is 5.73 Å². The highest BCUT2D eigenvalue weighted by Gasteiger charge is 2.52. The summed E-state index contributed by atoms with van der Waals surface area (Å²) >= 11 is 1.35. The van der Waals surface area contributed by atoms with Crippen molar-refractivity contribution in [2.45, 2.75) is 38.9 Å². The van der Waals surface area contributed by atoms with Crippen molar-refractivity contribution in [1.29, 1.82) is 0 Å². The maximum absolute atomic E-state index is 11.5. The second kappa shape index (κ2) is 6.16. The Labute approximate surface area is 135 Å². The predicted molar refractivity (Wildman–Crippen MR) is 88.8 cm³/mol. The van der Waals surface area contributed by atoms with Crippen molar-refractivity contribution in [3.05, 3.63) is 27.4 Å². The third-order valence-electron chi connectivity index (χ3n) is 4.13. The zero-order valence-corrected chi connectivity index (χ0v) is 14.5. The van der Waals surface area contributed by atoms with Crippen LogP contribution in [0.25, 0.3) is 6.08 Å². The highest BCUT2D eigenvalue weighted by molar-refractivity contribution is 7.14. The van der Waals surface area contributed by atoms with Gasteiger partial charge in [-0.3, -0.25) is 0 Å². The van der Waals surface area contributed by atoms with Crippen molar-refractivity contribution in [1.82, 2.24) is 0 Å². The van der Waals surface area contributed by atoms with E-state index >= 15 is 0 Å². The van der Waals surface area contributed by atoms with Crippen LogP contribution in [0.4, 0.5) is 0 Å². The average molecular weight is 323 g/mol. The quantitative estimate of drug-likeness (QED) is 0.681. The van der Waals surface area contributed by atoms with Gasteiger partial charge < -0.3 is 19.8 Å². The smallest absolute Gasteiger partial charge is 0.465 e. The van der Waals surface area contributed by atoms with Crippen LogP contribution in [-0.4, -0.2) is 37.9 Å². The summed E-state index contributed by atoms with van der Waals surface area (Å²) in [7, 11) is 0.895. The second-order valence-corrected chi connectivity index (χ2v) is 7.32. The molecule has 22 heavy (non-hydrogen) atoms. The molecule has 1 saturated heterocycles. The van der Waals surface area contributed by atoms with Crippen molar-refractivity contribution in [2.75, 3.05) is 13.7 Å². The first kappa shape index (κ1) is 17.2. The van der Waals surface area contributed by atoms with E-state index < -0.39 is 18.3 Å². The number of carbonyl (C=O) groups is 1. The maximum Gasteiger partial charge on any atom is 0.491 e. The molecule has 0 atom stereocenters. The van der Waals surface area contributed by atoms with Crippen LogP contribution in [0.1, 0.15) is 42.2 Å². The van der Waals surface area contributed by atoms with Crippen LogP contribution in [0, 0.1) is 0 Å². The minimum Gasteiger partial charge on any atom is -0.465 e. The molecular formula is C15H22BNO4S. The van der Waals surface area contributed by atoms with Gasteiger partial charge in [-0.1, -0.05) is 0 Å². The van der Waals surface area contributed by atoms with E-state index in [1.807, 2.05) is 39.8 Å². The van der Waals surface area contributed by atoms with Crippen LogP contribution in [-0.2, 0) is 14.0 Å². The Morgan fingerprint density at radius 3 is 2.41 bits per heavy atom. The molecule has 1 aromatic rings. The molecule has 0 unspecified atom stereocenters. The van der Waals surface area contributed by atoms with E-state index in [-0.39, 0.29) is 5.97 Å². The van der Waals surface area contributed by atoms with Gasteiger partial charge in [-0.25, -0.2) is 4.79 Å². The van der Waals surface area contributed by atoms with E-state index in [1.54, 1.807) is 6.07 Å². The SMILES string of the molecule is COC(=O)c1ccc(C=C(CN)B2OC(C)(C)C(C)(C)O2)s1. The Balaban J connectivity index is 2.22. The molecule has 2 rings (SSSR count). The summed E-state index contributed by atoms with van der Waals surface area (Å²) in [6.07, 6.45) is 1.92. The molecular weight excluding hydrogens is 301 g/mol. The van der Waals surface area contributed by atoms with Crippen LogP contribution in [0.15, 0.2) is 17.6 Å². The number of nitrogens with two attached hydrogens (primary N) is 1. The Hall–Kier alpha value is -1.15. The van der Waals surface area contributed by atoms with Gasteiger partial charge in [-0.15, -0.1) is 11.3 Å². The molecule has 1 aliphatic rings. The molecule has 0 amide bonds. The average Bonchev–Trinajstić information content (AvgIpc) is 2.98. The number of methoxy groups -OCH3 is 1. The minimum atomic E-state index is -0.473. The van der Waals surface area contributed by atoms with Gasteiger partial charge >= 0.3 is 13.1 Å². The van der Waals surface area contributed by atoms with Gasteiger partial charge in [0.1, 0.15) is 4.88 Å². The Kier molecular flexibility index (Phi) is 4.82. The normalized spacial score (nSPS) is 20.3. The highest BCUT2D eigenvalue weighted by Crippen LogP contribution is 2.38. The van der Waals surface area contributed by atoms with E-state index in [0.29, 0.717) is 11.4 Å². The number of rotatable bonds is 4. The van der Waals surface area contributed by atoms with Gasteiger partial charge in [-0.2, -0.15) is 0 Å². The highest BCUT2D eigenvalue weighted by atomic mass is 32.1. The van der Waals surface area contributed by atoms with E-state index in [0.717, 1.165) is 10.3 Å². The van der Waals surface area contributed by atoms with E-state index in [1.165, 1.54) is 18.4 Å². The molecule has 1 aliphatic heterocycles. The molecule has 0 spiro atoms. The van der Waals surface area contributed by atoms with Crippen molar-refractivity contribution >= 4 is 30.5 Å². The predicted octanol–water partition coefficient (Wildman–Crippen LogP) is 2.51. The first-order chi connectivity index (χ1) is 10.2. The van der Waals surface area contributed by atoms with Crippen LogP contribution in [0.5, 0.6) is 0 Å². The lowest BCUT2D eigenvalue weighted by Gasteiger charge is -2.32. The summed E-state index contributed by atoms with van der Waals surface area (Å²) in [6.45, 7) is 8.33. The van der Waals surface area contributed by atoms with Crippen molar-refractivity contribution in [3.63, 3.8) is 0 Å². The molecule has 5 nitrogen and oxygen atoms in total. The number of thiophene rings is 1. The van der Waals surface area contributed by atoms with Gasteiger partial charge in [0.15, 0.2) is 0 Å². The van der Waals surface area contributed by atoms with Crippen LogP contribution >= 0.6 is 11.3 Å². The van der Waals surface area contributed by atoms with Crippen molar-refractivity contribution in [3.8, 4) is 0 Å². The fraction of sp³-hybridized carbons (Fsp3) is 0.533. The first-order valence-electron chi connectivity index (χ1n) is 7.14.